The quantitative estimate of drug-likeness (QED) is 0.418. The second kappa shape index (κ2) is 9.29. The van der Waals surface area contributed by atoms with Gasteiger partial charge in [0.25, 0.3) is 5.91 Å². The molecule has 29 heavy (non-hydrogen) atoms. The number of ketones is 1. The van der Waals surface area contributed by atoms with E-state index < -0.39 is 5.97 Å². The van der Waals surface area contributed by atoms with Gasteiger partial charge in [-0.1, -0.05) is 24.3 Å². The molecule has 2 aromatic carbocycles. The fraction of sp³-hybridized carbons (Fsp3) is 0.238. The molecule has 3 rings (SSSR count). The Morgan fingerprint density at radius 2 is 1.86 bits per heavy atom. The summed E-state index contributed by atoms with van der Waals surface area (Å²) in [6.45, 7) is 1.06. The summed E-state index contributed by atoms with van der Waals surface area (Å²) in [6, 6.07) is 14.3. The number of fused-ring (bicyclic) bond motifs is 1. The maximum absolute atomic E-state index is 12.2. The van der Waals surface area contributed by atoms with Gasteiger partial charge < -0.3 is 14.4 Å². The van der Waals surface area contributed by atoms with Crippen molar-refractivity contribution in [1.82, 2.24) is 9.88 Å². The van der Waals surface area contributed by atoms with Crippen molar-refractivity contribution in [3.8, 4) is 5.75 Å². The Morgan fingerprint density at radius 1 is 1.07 bits per heavy atom. The lowest BCUT2D eigenvalue weighted by molar-refractivity contribution is -0.153. The Morgan fingerprint density at radius 3 is 2.62 bits per heavy atom. The first-order valence-electron chi connectivity index (χ1n) is 8.90. The summed E-state index contributed by atoms with van der Waals surface area (Å²) in [6.07, 6.45) is 0. The second-order valence-electron chi connectivity index (χ2n) is 6.36. The first-order valence-corrected chi connectivity index (χ1v) is 9.72. The molecule has 0 fully saturated rings. The number of esters is 1. The summed E-state index contributed by atoms with van der Waals surface area (Å²) in [5.74, 6) is -0.718. The first-order chi connectivity index (χ1) is 13.9. The molecule has 150 valence electrons. The molecule has 7 nitrogen and oxygen atoms in total. The molecule has 1 heterocycles. The number of likely N-dealkylation sites (N-methyl/N-ethyl adjacent to an activating group) is 1. The molecule has 0 spiro atoms. The summed E-state index contributed by atoms with van der Waals surface area (Å²) in [4.78, 5) is 41.4. The van der Waals surface area contributed by atoms with Crippen molar-refractivity contribution >= 4 is 39.2 Å². The highest BCUT2D eigenvalue weighted by Gasteiger charge is 2.15. The summed E-state index contributed by atoms with van der Waals surface area (Å²) in [5.41, 5.74) is 1.38. The lowest BCUT2D eigenvalue weighted by atomic mass is 10.1. The molecule has 1 amide bonds. The molecule has 0 aliphatic carbocycles. The molecule has 3 aromatic rings. The number of thiazole rings is 1. The largest absolute Gasteiger partial charge is 0.482 e. The Labute approximate surface area is 171 Å². The van der Waals surface area contributed by atoms with E-state index in [2.05, 4.69) is 4.98 Å². The van der Waals surface area contributed by atoms with Gasteiger partial charge in [0.15, 0.2) is 19.0 Å². The number of Topliss-reactive ketones (excluding diaryl/α,β-unsaturated/α-hetero) is 1. The average molecular weight is 412 g/mol. The molecule has 0 radical (unpaired) electrons. The van der Waals surface area contributed by atoms with Crippen LogP contribution in [-0.4, -0.2) is 47.8 Å². The minimum Gasteiger partial charge on any atom is -0.482 e. The number of amides is 1. The topological polar surface area (TPSA) is 85.8 Å². The SMILES string of the molecule is CC(=O)c1cccc(OCC(=O)OCC(=O)N(C)Cc2nc3ccccc3s2)c1. The second-order valence-corrected chi connectivity index (χ2v) is 7.47. The Kier molecular flexibility index (Phi) is 6.56. The van der Waals surface area contributed by atoms with Gasteiger partial charge in [-0.2, -0.15) is 0 Å². The molecule has 8 heteroatoms. The van der Waals surface area contributed by atoms with Gasteiger partial charge >= 0.3 is 5.97 Å². The molecule has 0 unspecified atom stereocenters. The van der Waals surface area contributed by atoms with Gasteiger partial charge in [-0.25, -0.2) is 9.78 Å². The van der Waals surface area contributed by atoms with Crippen molar-refractivity contribution in [2.45, 2.75) is 13.5 Å². The van der Waals surface area contributed by atoms with Crippen molar-refractivity contribution in [1.29, 1.82) is 0 Å². The van der Waals surface area contributed by atoms with E-state index in [-0.39, 0.29) is 24.9 Å². The third-order valence-corrected chi connectivity index (χ3v) is 5.11. The van der Waals surface area contributed by atoms with Crippen LogP contribution in [0.2, 0.25) is 0 Å². The minimum absolute atomic E-state index is 0.0974. The van der Waals surface area contributed by atoms with E-state index in [4.69, 9.17) is 9.47 Å². The van der Waals surface area contributed by atoms with E-state index in [1.165, 1.54) is 23.2 Å². The number of rotatable bonds is 8. The monoisotopic (exact) mass is 412 g/mol. The standard InChI is InChI=1S/C21H20N2O5S/c1-14(24)15-6-5-7-16(10-15)27-13-21(26)28-12-20(25)23(2)11-19-22-17-8-3-4-9-18(17)29-19/h3-10H,11-13H2,1-2H3. The maximum atomic E-state index is 12.2. The predicted molar refractivity (Wildman–Crippen MR) is 109 cm³/mol. The van der Waals surface area contributed by atoms with Crippen LogP contribution in [-0.2, 0) is 20.9 Å². The van der Waals surface area contributed by atoms with Crippen LogP contribution in [0.15, 0.2) is 48.5 Å². The van der Waals surface area contributed by atoms with Crippen LogP contribution in [0, 0.1) is 0 Å². The Bertz CT molecular complexity index is 1010. The minimum atomic E-state index is -0.667. The number of hydrogen-bond donors (Lipinski definition) is 0. The summed E-state index contributed by atoms with van der Waals surface area (Å²) < 4.78 is 11.4. The Hall–Kier alpha value is -3.26. The van der Waals surface area contributed by atoms with Crippen LogP contribution in [0.5, 0.6) is 5.75 Å². The highest BCUT2D eigenvalue weighted by atomic mass is 32.1. The number of aromatic nitrogens is 1. The van der Waals surface area contributed by atoms with Crippen LogP contribution in [0.1, 0.15) is 22.3 Å². The highest BCUT2D eigenvalue weighted by Crippen LogP contribution is 2.22. The van der Waals surface area contributed by atoms with Crippen molar-refractivity contribution in [3.63, 3.8) is 0 Å². The number of carbonyl (C=O) groups is 3. The zero-order valence-corrected chi connectivity index (χ0v) is 16.9. The third-order valence-electron chi connectivity index (χ3n) is 4.09. The molecule has 0 saturated heterocycles. The predicted octanol–water partition coefficient (Wildman–Crippen LogP) is 3.08. The fourth-order valence-electron chi connectivity index (χ4n) is 2.52. The number of para-hydroxylation sites is 1. The molecule has 0 aliphatic rings. The number of ether oxygens (including phenoxy) is 2. The normalized spacial score (nSPS) is 10.6. The van der Waals surface area contributed by atoms with E-state index >= 15 is 0 Å². The van der Waals surface area contributed by atoms with E-state index in [1.54, 1.807) is 31.3 Å². The molecule has 0 N–H and O–H groups in total. The molecular weight excluding hydrogens is 392 g/mol. The molecule has 1 aromatic heterocycles. The van der Waals surface area contributed by atoms with Crippen LogP contribution >= 0.6 is 11.3 Å². The van der Waals surface area contributed by atoms with E-state index in [0.717, 1.165) is 15.2 Å². The number of carbonyl (C=O) groups excluding carboxylic acids is 3. The molecule has 0 saturated carbocycles. The van der Waals surface area contributed by atoms with Gasteiger partial charge in [0, 0.05) is 12.6 Å². The lowest BCUT2D eigenvalue weighted by Crippen LogP contribution is -2.31. The molecule has 0 aliphatic heterocycles. The van der Waals surface area contributed by atoms with Gasteiger partial charge in [0.1, 0.15) is 10.8 Å². The van der Waals surface area contributed by atoms with Crippen LogP contribution < -0.4 is 4.74 Å². The van der Waals surface area contributed by atoms with Gasteiger partial charge in [0.2, 0.25) is 0 Å². The zero-order valence-electron chi connectivity index (χ0n) is 16.1. The first kappa shape index (κ1) is 20.5. The molecule has 0 bridgehead atoms. The van der Waals surface area contributed by atoms with Gasteiger partial charge in [-0.3, -0.25) is 9.59 Å². The van der Waals surface area contributed by atoms with Crippen molar-refractivity contribution in [3.05, 3.63) is 59.1 Å². The van der Waals surface area contributed by atoms with E-state index in [9.17, 15) is 14.4 Å². The maximum Gasteiger partial charge on any atom is 0.344 e. The third kappa shape index (κ3) is 5.61. The van der Waals surface area contributed by atoms with Crippen LogP contribution in [0.4, 0.5) is 0 Å². The van der Waals surface area contributed by atoms with Gasteiger partial charge in [-0.05, 0) is 31.2 Å². The summed E-state index contributed by atoms with van der Waals surface area (Å²) in [5, 5.41) is 0.807. The average Bonchev–Trinajstić information content (AvgIpc) is 3.12. The van der Waals surface area contributed by atoms with Gasteiger partial charge in [-0.15, -0.1) is 11.3 Å². The summed E-state index contributed by atoms with van der Waals surface area (Å²) >= 11 is 1.52. The highest BCUT2D eigenvalue weighted by molar-refractivity contribution is 7.18. The number of nitrogens with zero attached hydrogens (tertiary/aromatic N) is 2. The Balaban J connectivity index is 1.45. The summed E-state index contributed by atoms with van der Waals surface area (Å²) in [7, 11) is 1.63. The number of hydrogen-bond acceptors (Lipinski definition) is 7. The molecule has 0 atom stereocenters. The lowest BCUT2D eigenvalue weighted by Gasteiger charge is -2.15. The van der Waals surface area contributed by atoms with Crippen molar-refractivity contribution in [2.75, 3.05) is 20.3 Å². The van der Waals surface area contributed by atoms with Gasteiger partial charge in [0.05, 0.1) is 16.8 Å². The van der Waals surface area contributed by atoms with E-state index in [1.807, 2.05) is 24.3 Å². The smallest absolute Gasteiger partial charge is 0.344 e. The number of benzene rings is 2. The zero-order chi connectivity index (χ0) is 20.8. The fourth-order valence-corrected chi connectivity index (χ4v) is 3.54. The molecular formula is C21H20N2O5S. The van der Waals surface area contributed by atoms with Crippen molar-refractivity contribution < 1.29 is 23.9 Å². The van der Waals surface area contributed by atoms with E-state index in [0.29, 0.717) is 17.9 Å². The van der Waals surface area contributed by atoms with Crippen LogP contribution in [0.25, 0.3) is 10.2 Å². The van der Waals surface area contributed by atoms with Crippen molar-refractivity contribution in [2.24, 2.45) is 0 Å². The van der Waals surface area contributed by atoms with Crippen LogP contribution in [0.3, 0.4) is 0 Å².